The maximum Gasteiger partial charge on any atom is 0.264 e. The van der Waals surface area contributed by atoms with Gasteiger partial charge in [-0.3, -0.25) is 19.0 Å². The summed E-state index contributed by atoms with van der Waals surface area (Å²) in [6.07, 6.45) is 5.25. The molecule has 1 amide bonds. The van der Waals surface area contributed by atoms with E-state index in [1.54, 1.807) is 28.4 Å². The van der Waals surface area contributed by atoms with E-state index >= 15 is 0 Å². The number of rotatable bonds is 9. The van der Waals surface area contributed by atoms with Gasteiger partial charge < -0.3 is 4.57 Å². The van der Waals surface area contributed by atoms with E-state index in [0.29, 0.717) is 49.5 Å². The van der Waals surface area contributed by atoms with Gasteiger partial charge in [0.15, 0.2) is 11.2 Å². The summed E-state index contributed by atoms with van der Waals surface area (Å²) in [5.41, 5.74) is 3.68. The Kier molecular flexibility index (Phi) is 7.79. The highest BCUT2D eigenvalue weighted by Gasteiger charge is 2.34. The molecule has 0 radical (unpaired) electrons. The quantitative estimate of drug-likeness (QED) is 0.215. The zero-order valence-electron chi connectivity index (χ0n) is 22.0. The molecule has 6 rings (SSSR count). The summed E-state index contributed by atoms with van der Waals surface area (Å²) in [6, 6.07) is 8.10. The molecule has 15 heteroatoms. The van der Waals surface area contributed by atoms with E-state index in [1.165, 1.54) is 22.3 Å². The minimum absolute atomic E-state index is 0.0391. The molecule has 0 fully saturated rings. The van der Waals surface area contributed by atoms with Crippen LogP contribution in [0.25, 0.3) is 22.0 Å². The first-order chi connectivity index (χ1) is 20.1. The van der Waals surface area contributed by atoms with Gasteiger partial charge in [0.1, 0.15) is 11.7 Å². The SMILES string of the molecule is CS(=O)(=O)OCCc1ccc(-c2cc(Cl)c3cn(C(C(=O)Nc4nccs4)c4ncn5c4CC(F)C5)nc3c2Cl)cc1. The van der Waals surface area contributed by atoms with E-state index < -0.39 is 28.2 Å². The molecular weight excluding hydrogens is 626 g/mol. The normalized spacial score (nSPS) is 15.7. The van der Waals surface area contributed by atoms with Crippen LogP contribution in [0.3, 0.4) is 0 Å². The Labute approximate surface area is 254 Å². The smallest absolute Gasteiger partial charge is 0.264 e. The number of halogens is 3. The van der Waals surface area contributed by atoms with Gasteiger partial charge in [-0.05, 0) is 23.6 Å². The first-order valence-electron chi connectivity index (χ1n) is 12.8. The molecule has 3 aromatic heterocycles. The van der Waals surface area contributed by atoms with Gasteiger partial charge in [-0.2, -0.15) is 13.5 Å². The number of hydrogen-bond acceptors (Lipinski definition) is 8. The van der Waals surface area contributed by atoms with Crippen molar-refractivity contribution in [2.24, 2.45) is 0 Å². The number of thiazole rings is 1. The van der Waals surface area contributed by atoms with Gasteiger partial charge in [0.2, 0.25) is 0 Å². The van der Waals surface area contributed by atoms with Crippen LogP contribution in [0.1, 0.15) is 23.0 Å². The van der Waals surface area contributed by atoms with Crippen LogP contribution in [0, 0.1) is 0 Å². The molecule has 0 saturated heterocycles. The Bertz CT molecular complexity index is 1890. The van der Waals surface area contributed by atoms with Gasteiger partial charge >= 0.3 is 0 Å². The van der Waals surface area contributed by atoms with E-state index in [4.69, 9.17) is 32.5 Å². The molecule has 42 heavy (non-hydrogen) atoms. The second-order valence-electron chi connectivity index (χ2n) is 9.82. The lowest BCUT2D eigenvalue weighted by Gasteiger charge is -2.16. The van der Waals surface area contributed by atoms with Crippen molar-refractivity contribution < 1.29 is 21.8 Å². The van der Waals surface area contributed by atoms with Crippen molar-refractivity contribution in [3.63, 3.8) is 0 Å². The van der Waals surface area contributed by atoms with Crippen LogP contribution in [-0.2, 0) is 38.5 Å². The third kappa shape index (κ3) is 5.79. The van der Waals surface area contributed by atoms with Gasteiger partial charge in [0.05, 0.1) is 41.5 Å². The van der Waals surface area contributed by atoms with Gasteiger partial charge in [-0.25, -0.2) is 14.4 Å². The number of hydrogen-bond donors (Lipinski definition) is 1. The predicted molar refractivity (Wildman–Crippen MR) is 159 cm³/mol. The lowest BCUT2D eigenvalue weighted by Crippen LogP contribution is -2.28. The average molecular weight is 650 g/mol. The third-order valence-corrected chi connectivity index (χ3v) is 8.86. The molecule has 2 atom stereocenters. The lowest BCUT2D eigenvalue weighted by molar-refractivity contribution is -0.118. The Balaban J connectivity index is 1.36. The second-order valence-corrected chi connectivity index (χ2v) is 13.1. The third-order valence-electron chi connectivity index (χ3n) is 6.88. The van der Waals surface area contributed by atoms with Gasteiger partial charge in [0.25, 0.3) is 16.0 Å². The van der Waals surface area contributed by atoms with Crippen LogP contribution in [0.2, 0.25) is 10.0 Å². The number of aromatic nitrogens is 5. The lowest BCUT2D eigenvalue weighted by atomic mass is 10.0. The maximum absolute atomic E-state index is 14.3. The number of benzene rings is 2. The summed E-state index contributed by atoms with van der Waals surface area (Å²) in [7, 11) is -3.51. The van der Waals surface area contributed by atoms with Crippen molar-refractivity contribution in [3.05, 3.63) is 81.4 Å². The number of carbonyl (C=O) groups excluding carboxylic acids is 1. The summed E-state index contributed by atoms with van der Waals surface area (Å²) in [5, 5.41) is 10.9. The van der Waals surface area contributed by atoms with Crippen molar-refractivity contribution in [2.45, 2.75) is 31.6 Å². The van der Waals surface area contributed by atoms with Crippen molar-refractivity contribution >= 4 is 66.6 Å². The average Bonchev–Trinajstić information content (AvgIpc) is 3.73. The molecule has 0 aliphatic carbocycles. The summed E-state index contributed by atoms with van der Waals surface area (Å²) in [6.45, 7) is 0.214. The van der Waals surface area contributed by atoms with Crippen molar-refractivity contribution in [1.82, 2.24) is 24.3 Å². The van der Waals surface area contributed by atoms with Crippen molar-refractivity contribution in [2.75, 3.05) is 18.2 Å². The predicted octanol–water partition coefficient (Wildman–Crippen LogP) is 5.30. The minimum Gasteiger partial charge on any atom is -0.331 e. The Morgan fingerprint density at radius 1 is 1.26 bits per heavy atom. The number of nitrogens with one attached hydrogen (secondary N) is 1. The molecule has 10 nitrogen and oxygen atoms in total. The van der Waals surface area contributed by atoms with Gasteiger partial charge in [-0.15, -0.1) is 11.3 Å². The monoisotopic (exact) mass is 648 g/mol. The first kappa shape index (κ1) is 28.7. The number of amides is 1. The zero-order valence-corrected chi connectivity index (χ0v) is 25.1. The van der Waals surface area contributed by atoms with E-state index in [0.717, 1.165) is 17.4 Å². The minimum atomic E-state index is -3.51. The Morgan fingerprint density at radius 3 is 2.76 bits per heavy atom. The van der Waals surface area contributed by atoms with Crippen molar-refractivity contribution in [3.8, 4) is 11.1 Å². The highest BCUT2D eigenvalue weighted by molar-refractivity contribution is 7.85. The molecule has 2 aromatic carbocycles. The highest BCUT2D eigenvalue weighted by Crippen LogP contribution is 2.39. The van der Waals surface area contributed by atoms with E-state index in [2.05, 4.69) is 15.3 Å². The maximum atomic E-state index is 14.3. The molecule has 4 heterocycles. The number of anilines is 1. The Hall–Kier alpha value is -3.36. The highest BCUT2D eigenvalue weighted by atomic mass is 35.5. The Morgan fingerprint density at radius 2 is 2.05 bits per heavy atom. The molecule has 1 aliphatic rings. The van der Waals surface area contributed by atoms with Gasteiger partial charge in [0, 0.05) is 40.8 Å². The van der Waals surface area contributed by atoms with Gasteiger partial charge in [-0.1, -0.05) is 47.5 Å². The molecule has 2 unspecified atom stereocenters. The second kappa shape index (κ2) is 11.4. The number of fused-ring (bicyclic) bond motifs is 2. The summed E-state index contributed by atoms with van der Waals surface area (Å²) >= 11 is 14.9. The molecular formula is C27H23Cl2FN6O4S2. The standard InChI is InChI=1S/C27H23Cl2FN6O4S2/c1-42(38,39)40-8-6-15-2-4-16(5-3-15)18-11-20(28)19-13-36(34-23(19)22(18)29)25(26(37)33-27-31-7-9-41-27)24-21-10-17(30)12-35(21)14-32-24/h2-5,7,9,11,13-14,17,25H,6,8,10,12H2,1H3,(H,31,33,37). The zero-order chi connectivity index (χ0) is 29.6. The van der Waals surface area contributed by atoms with E-state index in [1.807, 2.05) is 24.3 Å². The van der Waals surface area contributed by atoms with E-state index in [9.17, 15) is 17.6 Å². The molecule has 0 bridgehead atoms. The summed E-state index contributed by atoms with van der Waals surface area (Å²) in [4.78, 5) is 22.2. The van der Waals surface area contributed by atoms with E-state index in [-0.39, 0.29) is 19.6 Å². The number of nitrogens with zero attached hydrogens (tertiary/aromatic N) is 5. The molecule has 1 aliphatic heterocycles. The fourth-order valence-electron chi connectivity index (χ4n) is 4.98. The van der Waals surface area contributed by atoms with Crippen LogP contribution >= 0.6 is 34.5 Å². The fourth-order valence-corrected chi connectivity index (χ4v) is 6.44. The largest absolute Gasteiger partial charge is 0.331 e. The van der Waals surface area contributed by atoms with Crippen molar-refractivity contribution in [1.29, 1.82) is 0 Å². The molecule has 0 spiro atoms. The fraction of sp³-hybridized carbons (Fsp3) is 0.259. The van der Waals surface area contributed by atoms with Crippen LogP contribution in [0.15, 0.2) is 54.4 Å². The van der Waals surface area contributed by atoms with Crippen LogP contribution in [0.5, 0.6) is 0 Å². The molecule has 0 saturated carbocycles. The first-order valence-corrected chi connectivity index (χ1v) is 16.2. The molecule has 1 N–H and O–H groups in total. The summed E-state index contributed by atoms with van der Waals surface area (Å²) in [5.74, 6) is -0.440. The topological polar surface area (TPSA) is 121 Å². The molecule has 218 valence electrons. The van der Waals surface area contributed by atoms with Crippen LogP contribution < -0.4 is 5.32 Å². The number of carbonyl (C=O) groups is 1. The summed E-state index contributed by atoms with van der Waals surface area (Å²) < 4.78 is 44.7. The van der Waals surface area contributed by atoms with Crippen LogP contribution in [0.4, 0.5) is 9.52 Å². The number of imidazole rings is 1. The molecule has 5 aromatic rings. The van der Waals surface area contributed by atoms with Crippen LogP contribution in [-0.4, -0.2) is 57.7 Å². The number of alkyl halides is 1.